The van der Waals surface area contributed by atoms with E-state index in [2.05, 4.69) is 25.8 Å². The van der Waals surface area contributed by atoms with Crippen LogP contribution in [0.15, 0.2) is 0 Å². The van der Waals surface area contributed by atoms with Crippen molar-refractivity contribution in [2.45, 2.75) is 26.4 Å². The highest BCUT2D eigenvalue weighted by molar-refractivity contribution is 4.79. The van der Waals surface area contributed by atoms with Gasteiger partial charge in [0, 0.05) is 6.54 Å². The zero-order valence-corrected chi connectivity index (χ0v) is 7.75. The summed E-state index contributed by atoms with van der Waals surface area (Å²) in [5.41, 5.74) is 0. The molecule has 11 heavy (non-hydrogen) atoms. The molecule has 1 N–H and O–H groups in total. The van der Waals surface area contributed by atoms with Crippen molar-refractivity contribution in [2.75, 3.05) is 20.1 Å². The predicted molar refractivity (Wildman–Crippen MR) is 46.4 cm³/mol. The normalized spacial score (nSPS) is 34.6. The number of nitrogens with zero attached hydrogens (tertiary/aromatic N) is 1. The van der Waals surface area contributed by atoms with Crippen LogP contribution in [0.5, 0.6) is 0 Å². The molecule has 1 fully saturated rings. The van der Waals surface area contributed by atoms with Gasteiger partial charge in [0.25, 0.3) is 0 Å². The summed E-state index contributed by atoms with van der Waals surface area (Å²) in [5.74, 6) is 1.14. The topological polar surface area (TPSA) is 23.5 Å². The average molecular weight is 157 g/mol. The molecule has 0 aliphatic carbocycles. The van der Waals surface area contributed by atoms with Crippen LogP contribution in [-0.4, -0.2) is 36.2 Å². The van der Waals surface area contributed by atoms with Gasteiger partial charge >= 0.3 is 0 Å². The molecule has 0 spiro atoms. The highest BCUT2D eigenvalue weighted by Crippen LogP contribution is 2.23. The second kappa shape index (κ2) is 3.55. The van der Waals surface area contributed by atoms with Crippen LogP contribution in [-0.2, 0) is 0 Å². The van der Waals surface area contributed by atoms with Gasteiger partial charge in [0.05, 0.1) is 6.10 Å². The lowest BCUT2D eigenvalue weighted by atomic mass is 9.85. The molecule has 0 aromatic carbocycles. The Labute approximate surface area is 69.2 Å². The van der Waals surface area contributed by atoms with E-state index < -0.39 is 0 Å². The predicted octanol–water partition coefficient (Wildman–Crippen LogP) is 0.955. The van der Waals surface area contributed by atoms with Crippen molar-refractivity contribution in [3.63, 3.8) is 0 Å². The van der Waals surface area contributed by atoms with Gasteiger partial charge in [0.1, 0.15) is 0 Å². The molecule has 1 rings (SSSR count). The molecule has 1 aliphatic rings. The molecule has 0 aromatic heterocycles. The van der Waals surface area contributed by atoms with Gasteiger partial charge in [-0.25, -0.2) is 0 Å². The van der Waals surface area contributed by atoms with Gasteiger partial charge in [-0.1, -0.05) is 13.8 Å². The number of aliphatic hydroxyl groups excluding tert-OH is 1. The summed E-state index contributed by atoms with van der Waals surface area (Å²) in [6.45, 7) is 6.38. The molecule has 0 radical (unpaired) electrons. The molecule has 1 heterocycles. The Morgan fingerprint density at radius 2 is 2.09 bits per heavy atom. The van der Waals surface area contributed by atoms with Crippen molar-refractivity contribution in [2.24, 2.45) is 11.8 Å². The Hall–Kier alpha value is -0.0800. The summed E-state index contributed by atoms with van der Waals surface area (Å²) < 4.78 is 0. The maximum Gasteiger partial charge on any atom is 0.0698 e. The second-order valence-electron chi connectivity index (χ2n) is 4.03. The Balaban J connectivity index is 2.44. The summed E-state index contributed by atoms with van der Waals surface area (Å²) in [6, 6.07) is 0. The molecule has 0 amide bonds. The number of likely N-dealkylation sites (N-methyl/N-ethyl adjacent to an activating group) is 1. The standard InChI is InChI=1S/C9H19NO/c1-7(2)8-4-5-10(3)6-9(8)11/h7-9,11H,4-6H2,1-3H3/t8?,9-/m0/s1. The lowest BCUT2D eigenvalue weighted by Gasteiger charge is -2.35. The number of hydrogen-bond donors (Lipinski definition) is 1. The van der Waals surface area contributed by atoms with Crippen LogP contribution in [0.1, 0.15) is 20.3 Å². The van der Waals surface area contributed by atoms with Gasteiger partial charge in [-0.05, 0) is 31.8 Å². The lowest BCUT2D eigenvalue weighted by molar-refractivity contribution is 0.0124. The van der Waals surface area contributed by atoms with Crippen molar-refractivity contribution in [1.29, 1.82) is 0 Å². The summed E-state index contributed by atoms with van der Waals surface area (Å²) in [7, 11) is 2.07. The number of likely N-dealkylation sites (tertiary alicyclic amines) is 1. The molecule has 2 atom stereocenters. The molecular weight excluding hydrogens is 138 g/mol. The van der Waals surface area contributed by atoms with E-state index in [9.17, 15) is 5.11 Å². The van der Waals surface area contributed by atoms with Gasteiger partial charge in [-0.2, -0.15) is 0 Å². The third-order valence-corrected chi connectivity index (χ3v) is 2.69. The number of aliphatic hydroxyl groups is 1. The number of β-amino-alcohol motifs (C(OH)–C–C–N with tert-alkyl or cyclic N) is 1. The zero-order valence-electron chi connectivity index (χ0n) is 7.75. The minimum atomic E-state index is -0.103. The molecule has 1 aliphatic heterocycles. The Kier molecular flexibility index (Phi) is 2.90. The van der Waals surface area contributed by atoms with E-state index in [1.807, 2.05) is 0 Å². The van der Waals surface area contributed by atoms with Crippen molar-refractivity contribution >= 4 is 0 Å². The molecule has 2 nitrogen and oxygen atoms in total. The first-order valence-corrected chi connectivity index (χ1v) is 4.48. The number of rotatable bonds is 1. The fraction of sp³-hybridized carbons (Fsp3) is 1.00. The van der Waals surface area contributed by atoms with Crippen molar-refractivity contribution in [3.8, 4) is 0 Å². The monoisotopic (exact) mass is 157 g/mol. The molecule has 0 saturated carbocycles. The van der Waals surface area contributed by atoms with Crippen molar-refractivity contribution in [1.82, 2.24) is 4.90 Å². The maximum absolute atomic E-state index is 9.67. The van der Waals surface area contributed by atoms with Gasteiger partial charge in [-0.3, -0.25) is 0 Å². The van der Waals surface area contributed by atoms with Gasteiger partial charge in [0.2, 0.25) is 0 Å². The van der Waals surface area contributed by atoms with E-state index >= 15 is 0 Å². The first-order chi connectivity index (χ1) is 5.11. The van der Waals surface area contributed by atoms with Crippen LogP contribution in [0, 0.1) is 11.8 Å². The largest absolute Gasteiger partial charge is 0.391 e. The Morgan fingerprint density at radius 3 is 2.55 bits per heavy atom. The molecule has 1 unspecified atom stereocenters. The minimum Gasteiger partial charge on any atom is -0.391 e. The van der Waals surface area contributed by atoms with Crippen LogP contribution in [0.3, 0.4) is 0 Å². The zero-order chi connectivity index (χ0) is 8.43. The van der Waals surface area contributed by atoms with Gasteiger partial charge in [0.15, 0.2) is 0 Å². The quantitative estimate of drug-likeness (QED) is 0.612. The van der Waals surface area contributed by atoms with E-state index in [1.165, 1.54) is 0 Å². The summed E-state index contributed by atoms with van der Waals surface area (Å²) in [6.07, 6.45) is 1.05. The molecule has 0 bridgehead atoms. The molecule has 0 aromatic rings. The maximum atomic E-state index is 9.67. The van der Waals surface area contributed by atoms with Crippen LogP contribution >= 0.6 is 0 Å². The summed E-state index contributed by atoms with van der Waals surface area (Å²) in [5, 5.41) is 9.67. The van der Waals surface area contributed by atoms with Crippen LogP contribution < -0.4 is 0 Å². The minimum absolute atomic E-state index is 0.103. The second-order valence-corrected chi connectivity index (χ2v) is 4.03. The van der Waals surface area contributed by atoms with Gasteiger partial charge < -0.3 is 10.0 Å². The highest BCUT2D eigenvalue weighted by Gasteiger charge is 2.27. The molecule has 1 saturated heterocycles. The Morgan fingerprint density at radius 1 is 1.45 bits per heavy atom. The van der Waals surface area contributed by atoms with Crippen molar-refractivity contribution < 1.29 is 5.11 Å². The fourth-order valence-corrected chi connectivity index (χ4v) is 1.89. The number of hydrogen-bond acceptors (Lipinski definition) is 2. The van der Waals surface area contributed by atoms with E-state index in [4.69, 9.17) is 0 Å². The molecule has 66 valence electrons. The summed E-state index contributed by atoms with van der Waals surface area (Å²) >= 11 is 0. The van der Waals surface area contributed by atoms with E-state index in [0.29, 0.717) is 11.8 Å². The third-order valence-electron chi connectivity index (χ3n) is 2.69. The summed E-state index contributed by atoms with van der Waals surface area (Å²) in [4.78, 5) is 2.20. The fourth-order valence-electron chi connectivity index (χ4n) is 1.89. The smallest absolute Gasteiger partial charge is 0.0698 e. The van der Waals surface area contributed by atoms with Crippen LogP contribution in [0.4, 0.5) is 0 Å². The lowest BCUT2D eigenvalue weighted by Crippen LogP contribution is -2.43. The van der Waals surface area contributed by atoms with E-state index in [-0.39, 0.29) is 6.10 Å². The van der Waals surface area contributed by atoms with Crippen LogP contribution in [0.2, 0.25) is 0 Å². The van der Waals surface area contributed by atoms with Crippen molar-refractivity contribution in [3.05, 3.63) is 0 Å². The van der Waals surface area contributed by atoms with E-state index in [0.717, 1.165) is 19.5 Å². The number of piperidine rings is 1. The first kappa shape index (κ1) is 9.01. The third kappa shape index (κ3) is 2.17. The van der Waals surface area contributed by atoms with E-state index in [1.54, 1.807) is 0 Å². The highest BCUT2D eigenvalue weighted by atomic mass is 16.3. The molecule has 2 heteroatoms. The average Bonchev–Trinajstić information content (AvgIpc) is 1.85. The first-order valence-electron chi connectivity index (χ1n) is 4.48. The van der Waals surface area contributed by atoms with Gasteiger partial charge in [-0.15, -0.1) is 0 Å². The van der Waals surface area contributed by atoms with Crippen LogP contribution in [0.25, 0.3) is 0 Å². The Bertz CT molecular complexity index is 125. The molecular formula is C9H19NO. The SMILES string of the molecule is CC(C)C1CCN(C)C[C@@H]1O.